The number of halogens is 1. The summed E-state index contributed by atoms with van der Waals surface area (Å²) >= 11 is 0. The van der Waals surface area contributed by atoms with Crippen molar-refractivity contribution in [3.63, 3.8) is 0 Å². The maximum atomic E-state index is 13.9. The van der Waals surface area contributed by atoms with E-state index in [-0.39, 0.29) is 36.3 Å². The predicted molar refractivity (Wildman–Crippen MR) is 114 cm³/mol. The molecule has 2 aromatic rings. The number of fused-ring (bicyclic) bond motifs is 1. The van der Waals surface area contributed by atoms with Crippen molar-refractivity contribution >= 4 is 17.8 Å². The Morgan fingerprint density at radius 3 is 2.66 bits per heavy atom. The second-order valence-corrected chi connectivity index (χ2v) is 8.81. The summed E-state index contributed by atoms with van der Waals surface area (Å²) in [6, 6.07) is 8.19. The van der Waals surface area contributed by atoms with E-state index in [0.717, 1.165) is 5.69 Å². The lowest BCUT2D eigenvalue weighted by atomic mass is 9.80. The molecule has 0 bridgehead atoms. The summed E-state index contributed by atoms with van der Waals surface area (Å²) in [5, 5.41) is 7.11. The Bertz CT molecular complexity index is 1020. The van der Waals surface area contributed by atoms with Crippen molar-refractivity contribution in [2.45, 2.75) is 50.4 Å². The van der Waals surface area contributed by atoms with E-state index >= 15 is 0 Å². The maximum absolute atomic E-state index is 13.9. The normalized spacial score (nSPS) is 26.6. The van der Waals surface area contributed by atoms with Crippen LogP contribution < -0.4 is 5.32 Å². The third-order valence-electron chi connectivity index (χ3n) is 6.85. The molecule has 1 N–H and O–H groups in total. The summed E-state index contributed by atoms with van der Waals surface area (Å²) in [5.41, 5.74) is 1.38. The highest BCUT2D eigenvalue weighted by atomic mass is 19.1. The number of likely N-dealkylation sites (tertiary alicyclic amines) is 1. The van der Waals surface area contributed by atoms with Crippen LogP contribution in [0.15, 0.2) is 42.7 Å². The molecule has 0 radical (unpaired) electrons. The molecule has 0 spiro atoms. The third kappa shape index (κ3) is 3.76. The van der Waals surface area contributed by atoms with Gasteiger partial charge in [-0.3, -0.25) is 14.5 Å². The fourth-order valence-corrected chi connectivity index (χ4v) is 5.13. The number of amides is 4. The second-order valence-electron chi connectivity index (χ2n) is 8.81. The van der Waals surface area contributed by atoms with E-state index in [1.165, 1.54) is 4.90 Å². The van der Waals surface area contributed by atoms with E-state index < -0.39 is 12.1 Å². The van der Waals surface area contributed by atoms with Crippen LogP contribution in [0.2, 0.25) is 0 Å². The average Bonchev–Trinajstić information content (AvgIpc) is 3.35. The molecule has 9 heteroatoms. The zero-order chi connectivity index (χ0) is 22.2. The molecule has 1 aromatic carbocycles. The maximum Gasteiger partial charge on any atom is 0.324 e. The minimum Gasteiger partial charge on any atom is -0.338 e. The molecule has 4 amide bonds. The van der Waals surface area contributed by atoms with E-state index in [1.54, 1.807) is 27.9 Å². The Morgan fingerprint density at radius 1 is 1.09 bits per heavy atom. The van der Waals surface area contributed by atoms with Crippen LogP contribution in [0, 0.1) is 5.92 Å². The summed E-state index contributed by atoms with van der Waals surface area (Å²) in [6.45, 7) is 0.902. The van der Waals surface area contributed by atoms with Gasteiger partial charge in [-0.25, -0.2) is 13.9 Å². The van der Waals surface area contributed by atoms with Crippen LogP contribution >= 0.6 is 0 Å². The van der Waals surface area contributed by atoms with Gasteiger partial charge >= 0.3 is 6.03 Å². The first kappa shape index (κ1) is 20.7. The van der Waals surface area contributed by atoms with Gasteiger partial charge in [-0.05, 0) is 56.4 Å². The largest absolute Gasteiger partial charge is 0.338 e. The monoisotopic (exact) mass is 439 g/mol. The predicted octanol–water partition coefficient (Wildman–Crippen LogP) is 2.54. The molecule has 3 fully saturated rings. The smallest absolute Gasteiger partial charge is 0.324 e. The number of rotatable bonds is 3. The van der Waals surface area contributed by atoms with Crippen molar-refractivity contribution in [1.82, 2.24) is 24.9 Å². The Balaban J connectivity index is 1.24. The summed E-state index contributed by atoms with van der Waals surface area (Å²) in [7, 11) is 0. The van der Waals surface area contributed by atoms with Gasteiger partial charge in [0, 0.05) is 43.1 Å². The first-order valence-electron chi connectivity index (χ1n) is 11.2. The summed E-state index contributed by atoms with van der Waals surface area (Å²) in [5.74, 6) is -0.835. The first-order chi connectivity index (χ1) is 15.5. The Hall–Kier alpha value is -3.23. The van der Waals surface area contributed by atoms with Crippen molar-refractivity contribution in [2.24, 2.45) is 5.92 Å². The number of nitrogens with zero attached hydrogens (tertiary/aromatic N) is 4. The average molecular weight is 439 g/mol. The molecule has 3 unspecified atom stereocenters. The molecule has 1 aliphatic carbocycles. The fraction of sp³-hybridized carbons (Fsp3) is 0.478. The highest BCUT2D eigenvalue weighted by Gasteiger charge is 2.47. The zero-order valence-electron chi connectivity index (χ0n) is 17.7. The molecule has 2 saturated heterocycles. The lowest BCUT2D eigenvalue weighted by Crippen LogP contribution is -2.65. The van der Waals surface area contributed by atoms with Crippen LogP contribution in [-0.4, -0.2) is 68.8 Å². The molecule has 168 valence electrons. The first-order valence-corrected chi connectivity index (χ1v) is 11.2. The number of nitrogens with one attached hydrogen (secondary N) is 1. The van der Waals surface area contributed by atoms with Gasteiger partial charge in [-0.2, -0.15) is 5.10 Å². The number of carbonyl (C=O) groups is 3. The van der Waals surface area contributed by atoms with Crippen LogP contribution in [0.1, 0.15) is 42.5 Å². The number of hydrogen-bond acceptors (Lipinski definition) is 4. The quantitative estimate of drug-likeness (QED) is 0.796. The number of benzene rings is 1. The molecule has 8 nitrogen and oxygen atoms in total. The lowest BCUT2D eigenvalue weighted by molar-refractivity contribution is -0.140. The van der Waals surface area contributed by atoms with E-state index in [2.05, 4.69) is 10.4 Å². The Labute approximate surface area is 185 Å². The molecule has 2 aliphatic heterocycles. The number of imide groups is 1. The zero-order valence-corrected chi connectivity index (χ0v) is 17.7. The van der Waals surface area contributed by atoms with Crippen LogP contribution in [-0.2, 0) is 4.79 Å². The van der Waals surface area contributed by atoms with Crippen LogP contribution in [0.3, 0.4) is 0 Å². The van der Waals surface area contributed by atoms with Gasteiger partial charge in [-0.1, -0.05) is 6.07 Å². The van der Waals surface area contributed by atoms with Gasteiger partial charge in [0.1, 0.15) is 6.17 Å². The summed E-state index contributed by atoms with van der Waals surface area (Å²) < 4.78 is 15.6. The molecule has 3 heterocycles. The van der Waals surface area contributed by atoms with E-state index in [0.29, 0.717) is 44.3 Å². The van der Waals surface area contributed by atoms with Gasteiger partial charge in [0.05, 0.1) is 11.6 Å². The van der Waals surface area contributed by atoms with Crippen LogP contribution in [0.25, 0.3) is 5.69 Å². The topological polar surface area (TPSA) is 87.5 Å². The molecular formula is C23H26FN5O3. The number of aromatic nitrogens is 2. The summed E-state index contributed by atoms with van der Waals surface area (Å²) in [6.07, 6.45) is 4.59. The van der Waals surface area contributed by atoms with Crippen LogP contribution in [0.4, 0.5) is 9.18 Å². The number of alkyl halides is 1. The standard InChI is InChI=1S/C23H26FN5O3/c24-16-5-6-20-19(14-16)22(31)29(23(32)26-20)17-7-11-27(12-8-17)21(30)15-3-1-4-18(13-15)28-10-2-9-25-28/h1-4,9-10,13,16-17,19-20H,5-8,11-12,14H2,(H,26,32). The second kappa shape index (κ2) is 8.37. The van der Waals surface area contributed by atoms with Gasteiger partial charge in [-0.15, -0.1) is 0 Å². The van der Waals surface area contributed by atoms with Crippen molar-refractivity contribution in [2.75, 3.05) is 13.1 Å². The number of piperidine rings is 1. The third-order valence-corrected chi connectivity index (χ3v) is 6.85. The van der Waals surface area contributed by atoms with Crippen molar-refractivity contribution in [1.29, 1.82) is 0 Å². The van der Waals surface area contributed by atoms with Gasteiger partial charge in [0.25, 0.3) is 5.91 Å². The highest BCUT2D eigenvalue weighted by Crippen LogP contribution is 2.33. The van der Waals surface area contributed by atoms with E-state index in [1.807, 2.05) is 24.4 Å². The minimum absolute atomic E-state index is 0.0838. The van der Waals surface area contributed by atoms with Crippen molar-refractivity contribution in [3.8, 4) is 5.69 Å². The van der Waals surface area contributed by atoms with Gasteiger partial charge in [0.2, 0.25) is 5.91 Å². The summed E-state index contributed by atoms with van der Waals surface area (Å²) in [4.78, 5) is 41.7. The number of carbonyl (C=O) groups excluding carboxylic acids is 3. The molecule has 1 aromatic heterocycles. The number of urea groups is 1. The number of hydrogen-bond donors (Lipinski definition) is 1. The minimum atomic E-state index is -0.992. The Morgan fingerprint density at radius 2 is 1.91 bits per heavy atom. The van der Waals surface area contributed by atoms with E-state index in [4.69, 9.17) is 0 Å². The fourth-order valence-electron chi connectivity index (χ4n) is 5.13. The van der Waals surface area contributed by atoms with Gasteiger partial charge in [0.15, 0.2) is 0 Å². The van der Waals surface area contributed by atoms with Crippen molar-refractivity contribution < 1.29 is 18.8 Å². The molecule has 5 rings (SSSR count). The molecule has 32 heavy (non-hydrogen) atoms. The van der Waals surface area contributed by atoms with Crippen molar-refractivity contribution in [3.05, 3.63) is 48.3 Å². The van der Waals surface area contributed by atoms with E-state index in [9.17, 15) is 18.8 Å². The molecule has 1 saturated carbocycles. The highest BCUT2D eigenvalue weighted by molar-refractivity contribution is 5.99. The SMILES string of the molecule is O=C(c1cccc(-n2cccn2)c1)N1CCC(N2C(=O)NC3CCC(F)CC3C2=O)CC1. The van der Waals surface area contributed by atoms with Gasteiger partial charge < -0.3 is 10.2 Å². The molecular weight excluding hydrogens is 413 g/mol. The molecule has 3 aliphatic rings. The Kier molecular flexibility index (Phi) is 5.40. The van der Waals surface area contributed by atoms with Crippen LogP contribution in [0.5, 0.6) is 0 Å². The molecule has 3 atom stereocenters. The lowest BCUT2D eigenvalue weighted by Gasteiger charge is -2.45.